The molecule has 0 spiro atoms. The number of hydrogen-bond donors (Lipinski definition) is 1. The molecule has 0 saturated heterocycles. The molecule has 1 aliphatic rings. The Hall–Kier alpha value is -1.29. The van der Waals surface area contributed by atoms with E-state index in [4.69, 9.17) is 10.2 Å². The zero-order valence-corrected chi connectivity index (χ0v) is 11.1. The van der Waals surface area contributed by atoms with Crippen LogP contribution in [0.15, 0.2) is 22.8 Å². The maximum atomic E-state index is 12.4. The smallest absolute Gasteiger partial charge is 0.240 e. The minimum atomic E-state index is -0.398. The van der Waals surface area contributed by atoms with E-state index in [0.717, 1.165) is 25.0 Å². The van der Waals surface area contributed by atoms with E-state index in [1.807, 2.05) is 24.0 Å². The van der Waals surface area contributed by atoms with E-state index in [1.54, 1.807) is 6.26 Å². The quantitative estimate of drug-likeness (QED) is 0.841. The molecule has 0 aliphatic heterocycles. The normalized spacial score (nSPS) is 18.4. The van der Waals surface area contributed by atoms with Crippen molar-refractivity contribution in [1.29, 1.82) is 0 Å². The van der Waals surface area contributed by atoms with Gasteiger partial charge in [0.1, 0.15) is 5.76 Å². The first-order valence-electron chi connectivity index (χ1n) is 6.72. The van der Waals surface area contributed by atoms with E-state index in [2.05, 4.69) is 6.92 Å². The molecule has 2 N–H and O–H groups in total. The number of carbonyl (C=O) groups is 1. The van der Waals surface area contributed by atoms with Crippen molar-refractivity contribution in [3.05, 3.63) is 24.2 Å². The first kappa shape index (κ1) is 13.1. The van der Waals surface area contributed by atoms with Gasteiger partial charge in [0.25, 0.3) is 0 Å². The van der Waals surface area contributed by atoms with Crippen LogP contribution in [0, 0.1) is 5.92 Å². The van der Waals surface area contributed by atoms with Crippen LogP contribution in [-0.2, 0) is 11.3 Å². The molecule has 1 heterocycles. The van der Waals surface area contributed by atoms with Gasteiger partial charge in [0.2, 0.25) is 5.91 Å². The zero-order chi connectivity index (χ0) is 13.1. The molecule has 1 amide bonds. The minimum absolute atomic E-state index is 0.0586. The number of nitrogens with zero attached hydrogens (tertiary/aromatic N) is 1. The third kappa shape index (κ3) is 2.93. The fraction of sp³-hybridized carbons (Fsp3) is 0.643. The number of furan rings is 1. The molecule has 1 aliphatic carbocycles. The van der Waals surface area contributed by atoms with Crippen molar-refractivity contribution < 1.29 is 9.21 Å². The third-order valence-electron chi connectivity index (χ3n) is 3.72. The van der Waals surface area contributed by atoms with Crippen LogP contribution in [0.1, 0.15) is 38.9 Å². The lowest BCUT2D eigenvalue weighted by Gasteiger charge is -2.27. The van der Waals surface area contributed by atoms with Gasteiger partial charge in [-0.2, -0.15) is 0 Å². The average molecular weight is 250 g/mol. The molecule has 1 aromatic rings. The molecule has 0 aromatic carbocycles. The number of hydrogen-bond acceptors (Lipinski definition) is 3. The molecule has 1 aromatic heterocycles. The molecule has 0 radical (unpaired) electrons. The zero-order valence-electron chi connectivity index (χ0n) is 11.1. The Bertz CT molecular complexity index is 385. The summed E-state index contributed by atoms with van der Waals surface area (Å²) in [6.45, 7) is 4.63. The molecule has 100 valence electrons. The van der Waals surface area contributed by atoms with Crippen LogP contribution in [0.25, 0.3) is 0 Å². The summed E-state index contributed by atoms with van der Waals surface area (Å²) in [5.74, 6) is 1.10. The second kappa shape index (κ2) is 5.57. The Morgan fingerprint density at radius 1 is 1.61 bits per heavy atom. The number of carbonyl (C=O) groups excluding carboxylic acids is 1. The van der Waals surface area contributed by atoms with Gasteiger partial charge in [0.15, 0.2) is 0 Å². The molecular formula is C14H22N2O2. The first-order chi connectivity index (χ1) is 8.63. The van der Waals surface area contributed by atoms with E-state index in [0.29, 0.717) is 12.6 Å². The first-order valence-corrected chi connectivity index (χ1v) is 6.72. The van der Waals surface area contributed by atoms with Gasteiger partial charge in [0.05, 0.1) is 18.8 Å². The van der Waals surface area contributed by atoms with Crippen molar-refractivity contribution in [2.24, 2.45) is 11.7 Å². The van der Waals surface area contributed by atoms with Crippen LogP contribution in [0.4, 0.5) is 0 Å². The fourth-order valence-corrected chi connectivity index (χ4v) is 2.03. The maximum Gasteiger partial charge on any atom is 0.240 e. The Balaban J connectivity index is 2.03. The van der Waals surface area contributed by atoms with E-state index >= 15 is 0 Å². The van der Waals surface area contributed by atoms with Gasteiger partial charge < -0.3 is 15.1 Å². The van der Waals surface area contributed by atoms with Gasteiger partial charge in [-0.3, -0.25) is 4.79 Å². The van der Waals surface area contributed by atoms with Gasteiger partial charge in [-0.15, -0.1) is 0 Å². The third-order valence-corrected chi connectivity index (χ3v) is 3.72. The lowest BCUT2D eigenvalue weighted by atomic mass is 9.99. The Kier molecular flexibility index (Phi) is 4.07. The van der Waals surface area contributed by atoms with Gasteiger partial charge >= 0.3 is 0 Å². The second-order valence-corrected chi connectivity index (χ2v) is 5.19. The standard InChI is InChI=1S/C14H22N2O2/c1-3-10(2)13(15)14(17)16(11-6-7-11)9-12-5-4-8-18-12/h4-5,8,10-11,13H,3,6-7,9,15H2,1-2H3. The lowest BCUT2D eigenvalue weighted by molar-refractivity contribution is -0.135. The second-order valence-electron chi connectivity index (χ2n) is 5.19. The summed E-state index contributed by atoms with van der Waals surface area (Å²) in [6, 6.07) is 3.71. The predicted molar refractivity (Wildman–Crippen MR) is 69.7 cm³/mol. The maximum absolute atomic E-state index is 12.4. The summed E-state index contributed by atoms with van der Waals surface area (Å²) in [4.78, 5) is 14.3. The van der Waals surface area contributed by atoms with Gasteiger partial charge in [-0.25, -0.2) is 0 Å². The molecule has 1 fully saturated rings. The summed E-state index contributed by atoms with van der Waals surface area (Å²) in [6.07, 6.45) is 4.73. The SMILES string of the molecule is CCC(C)C(N)C(=O)N(Cc1ccco1)C1CC1. The summed E-state index contributed by atoms with van der Waals surface area (Å²) in [5, 5.41) is 0. The number of rotatable bonds is 6. The molecule has 0 bridgehead atoms. The minimum Gasteiger partial charge on any atom is -0.467 e. The van der Waals surface area contributed by atoms with Crippen LogP contribution in [0.5, 0.6) is 0 Å². The fourth-order valence-electron chi connectivity index (χ4n) is 2.03. The Labute approximate surface area is 108 Å². The van der Waals surface area contributed by atoms with Gasteiger partial charge in [0, 0.05) is 6.04 Å². The highest BCUT2D eigenvalue weighted by Crippen LogP contribution is 2.29. The molecule has 4 nitrogen and oxygen atoms in total. The van der Waals surface area contributed by atoms with Crippen molar-refractivity contribution in [1.82, 2.24) is 4.90 Å². The average Bonchev–Trinajstić information content (AvgIpc) is 3.10. The topological polar surface area (TPSA) is 59.5 Å². The molecule has 1 saturated carbocycles. The summed E-state index contributed by atoms with van der Waals surface area (Å²) >= 11 is 0. The van der Waals surface area contributed by atoms with Crippen LogP contribution >= 0.6 is 0 Å². The molecule has 2 atom stereocenters. The van der Waals surface area contributed by atoms with Crippen LogP contribution in [0.3, 0.4) is 0 Å². The molecule has 2 rings (SSSR count). The molecule has 4 heteroatoms. The highest BCUT2D eigenvalue weighted by atomic mass is 16.3. The Morgan fingerprint density at radius 2 is 2.33 bits per heavy atom. The number of amides is 1. The van der Waals surface area contributed by atoms with E-state index in [-0.39, 0.29) is 11.8 Å². The predicted octanol–water partition coefficient (Wildman–Crippen LogP) is 2.14. The highest BCUT2D eigenvalue weighted by molar-refractivity contribution is 5.82. The largest absolute Gasteiger partial charge is 0.467 e. The lowest BCUT2D eigenvalue weighted by Crippen LogP contribution is -2.47. The van der Waals surface area contributed by atoms with Gasteiger partial charge in [-0.1, -0.05) is 20.3 Å². The number of nitrogens with two attached hydrogens (primary N) is 1. The van der Waals surface area contributed by atoms with Crippen LogP contribution in [0.2, 0.25) is 0 Å². The van der Waals surface area contributed by atoms with Gasteiger partial charge in [-0.05, 0) is 30.9 Å². The molecule has 2 unspecified atom stereocenters. The van der Waals surface area contributed by atoms with Crippen molar-refractivity contribution in [3.63, 3.8) is 0 Å². The van der Waals surface area contributed by atoms with E-state index < -0.39 is 6.04 Å². The van der Waals surface area contributed by atoms with E-state index in [9.17, 15) is 4.79 Å². The van der Waals surface area contributed by atoms with Crippen molar-refractivity contribution in [3.8, 4) is 0 Å². The highest BCUT2D eigenvalue weighted by Gasteiger charge is 2.36. The monoisotopic (exact) mass is 250 g/mol. The molecular weight excluding hydrogens is 228 g/mol. The summed E-state index contributed by atoms with van der Waals surface area (Å²) in [5.41, 5.74) is 6.04. The van der Waals surface area contributed by atoms with Crippen molar-refractivity contribution >= 4 is 5.91 Å². The summed E-state index contributed by atoms with van der Waals surface area (Å²) in [7, 11) is 0. The van der Waals surface area contributed by atoms with Crippen LogP contribution < -0.4 is 5.73 Å². The Morgan fingerprint density at radius 3 is 2.83 bits per heavy atom. The van der Waals surface area contributed by atoms with E-state index in [1.165, 1.54) is 0 Å². The van der Waals surface area contributed by atoms with Crippen LogP contribution in [-0.4, -0.2) is 22.9 Å². The van der Waals surface area contributed by atoms with Crippen molar-refractivity contribution in [2.45, 2.75) is 51.7 Å². The summed E-state index contributed by atoms with van der Waals surface area (Å²) < 4.78 is 5.32. The van der Waals surface area contributed by atoms with Crippen molar-refractivity contribution in [2.75, 3.05) is 0 Å². The molecule has 18 heavy (non-hydrogen) atoms.